The molecule has 2 aromatic carbocycles. The van der Waals surface area contributed by atoms with E-state index >= 15 is 0 Å². The third-order valence-corrected chi connectivity index (χ3v) is 3.78. The van der Waals surface area contributed by atoms with Gasteiger partial charge in [0.05, 0.1) is 0 Å². The summed E-state index contributed by atoms with van der Waals surface area (Å²) in [4.78, 5) is 38.8. The number of pyridine rings is 1. The summed E-state index contributed by atoms with van der Waals surface area (Å²) in [6.07, 6.45) is 0. The molecule has 0 radical (unpaired) electrons. The van der Waals surface area contributed by atoms with Crippen LogP contribution in [-0.4, -0.2) is 16.7 Å². The lowest BCUT2D eigenvalue weighted by Crippen LogP contribution is -2.13. The van der Waals surface area contributed by atoms with Crippen molar-refractivity contribution in [1.82, 2.24) is 4.98 Å². The molecule has 0 atom stereocenters. The maximum absolute atomic E-state index is 12.4. The van der Waals surface area contributed by atoms with Crippen molar-refractivity contribution in [2.75, 3.05) is 5.32 Å². The number of fused-ring (bicyclic) bond motifs is 1. The molecule has 0 fully saturated rings. The average molecular weight is 320 g/mol. The lowest BCUT2D eigenvalue weighted by atomic mass is 10.1. The van der Waals surface area contributed by atoms with Crippen LogP contribution in [0, 0.1) is 6.92 Å². The van der Waals surface area contributed by atoms with Crippen LogP contribution in [0.4, 0.5) is 5.69 Å². The van der Waals surface area contributed by atoms with Gasteiger partial charge in [-0.1, -0.05) is 0 Å². The van der Waals surface area contributed by atoms with Gasteiger partial charge in [0.25, 0.3) is 5.91 Å². The van der Waals surface area contributed by atoms with Gasteiger partial charge in [-0.25, -0.2) is 0 Å². The van der Waals surface area contributed by atoms with Crippen LogP contribution in [0.15, 0.2) is 53.3 Å². The van der Waals surface area contributed by atoms with E-state index < -0.39 is 0 Å². The summed E-state index contributed by atoms with van der Waals surface area (Å²) in [5.74, 6) is -0.343. The summed E-state index contributed by atoms with van der Waals surface area (Å²) in [7, 11) is 0. The van der Waals surface area contributed by atoms with Crippen molar-refractivity contribution in [2.45, 2.75) is 13.8 Å². The number of aryl methyl sites for hydroxylation is 1. The first kappa shape index (κ1) is 15.7. The van der Waals surface area contributed by atoms with Gasteiger partial charge in [0.1, 0.15) is 0 Å². The SMILES string of the molecule is CC(=O)c1ccc(NC(=O)c2ccc3[nH]c(C)cc(=O)c3c2)cc1. The second-order valence-corrected chi connectivity index (χ2v) is 5.66. The Hall–Kier alpha value is -3.21. The van der Waals surface area contributed by atoms with Crippen LogP contribution in [0.5, 0.6) is 0 Å². The largest absolute Gasteiger partial charge is 0.358 e. The van der Waals surface area contributed by atoms with Crippen LogP contribution in [0.25, 0.3) is 10.9 Å². The Balaban J connectivity index is 1.88. The van der Waals surface area contributed by atoms with E-state index in [1.165, 1.54) is 13.0 Å². The normalized spacial score (nSPS) is 10.6. The minimum Gasteiger partial charge on any atom is -0.358 e. The monoisotopic (exact) mass is 320 g/mol. The fourth-order valence-corrected chi connectivity index (χ4v) is 2.51. The van der Waals surface area contributed by atoms with E-state index in [1.807, 2.05) is 6.92 Å². The van der Waals surface area contributed by atoms with Gasteiger partial charge in [-0.3, -0.25) is 14.4 Å². The standard InChI is InChI=1S/C19H16N2O3/c1-11-9-18(23)16-10-14(5-8-17(16)20-11)19(24)21-15-6-3-13(4-7-15)12(2)22/h3-10H,1-2H3,(H,20,23)(H,21,24). The molecule has 2 N–H and O–H groups in total. The minimum absolute atomic E-state index is 0.0306. The van der Waals surface area contributed by atoms with Gasteiger partial charge in [0.15, 0.2) is 11.2 Å². The first-order valence-electron chi connectivity index (χ1n) is 7.50. The van der Waals surface area contributed by atoms with Gasteiger partial charge in [0, 0.05) is 39.5 Å². The fraction of sp³-hybridized carbons (Fsp3) is 0.105. The smallest absolute Gasteiger partial charge is 0.255 e. The highest BCUT2D eigenvalue weighted by atomic mass is 16.1. The number of aromatic amines is 1. The van der Waals surface area contributed by atoms with Crippen LogP contribution in [0.3, 0.4) is 0 Å². The molecule has 3 aromatic rings. The number of Topliss-reactive ketones (excluding diaryl/α,β-unsaturated/α-hetero) is 1. The van der Waals surface area contributed by atoms with Crippen molar-refractivity contribution in [3.05, 3.63) is 75.6 Å². The number of H-pyrrole nitrogens is 1. The van der Waals surface area contributed by atoms with Crippen LogP contribution >= 0.6 is 0 Å². The zero-order valence-electron chi connectivity index (χ0n) is 13.3. The summed E-state index contributed by atoms with van der Waals surface area (Å²) in [5, 5.41) is 3.23. The molecule has 0 saturated carbocycles. The number of ketones is 1. The van der Waals surface area contributed by atoms with Gasteiger partial charge in [0.2, 0.25) is 0 Å². The van der Waals surface area contributed by atoms with E-state index in [0.717, 1.165) is 5.69 Å². The lowest BCUT2D eigenvalue weighted by Gasteiger charge is -2.07. The van der Waals surface area contributed by atoms with Crippen molar-refractivity contribution in [2.24, 2.45) is 0 Å². The molecule has 5 nitrogen and oxygen atoms in total. The number of aromatic nitrogens is 1. The Morgan fingerprint density at radius 3 is 2.29 bits per heavy atom. The average Bonchev–Trinajstić information content (AvgIpc) is 2.55. The molecule has 0 aliphatic heterocycles. The molecule has 3 rings (SSSR count). The summed E-state index contributed by atoms with van der Waals surface area (Å²) in [5.41, 5.74) is 2.91. The van der Waals surface area contributed by atoms with Crippen LogP contribution in [0.1, 0.15) is 33.3 Å². The predicted molar refractivity (Wildman–Crippen MR) is 93.7 cm³/mol. The number of amides is 1. The van der Waals surface area contributed by atoms with E-state index in [1.54, 1.807) is 42.5 Å². The van der Waals surface area contributed by atoms with E-state index in [9.17, 15) is 14.4 Å². The number of hydrogen-bond donors (Lipinski definition) is 2. The first-order valence-corrected chi connectivity index (χ1v) is 7.50. The van der Waals surface area contributed by atoms with Crippen LogP contribution < -0.4 is 10.7 Å². The third-order valence-electron chi connectivity index (χ3n) is 3.78. The Kier molecular flexibility index (Phi) is 4.00. The van der Waals surface area contributed by atoms with Crippen molar-refractivity contribution in [1.29, 1.82) is 0 Å². The molecule has 1 heterocycles. The van der Waals surface area contributed by atoms with Crippen molar-refractivity contribution >= 4 is 28.3 Å². The minimum atomic E-state index is -0.313. The molecule has 0 aliphatic carbocycles. The van der Waals surface area contributed by atoms with Gasteiger partial charge in [-0.05, 0) is 56.3 Å². The van der Waals surface area contributed by atoms with E-state index in [4.69, 9.17) is 0 Å². The molecule has 0 saturated heterocycles. The van der Waals surface area contributed by atoms with Gasteiger partial charge >= 0.3 is 0 Å². The van der Waals surface area contributed by atoms with Gasteiger partial charge in [-0.2, -0.15) is 0 Å². The maximum Gasteiger partial charge on any atom is 0.255 e. The maximum atomic E-state index is 12.4. The Morgan fingerprint density at radius 1 is 0.958 bits per heavy atom. The number of anilines is 1. The molecule has 1 aromatic heterocycles. The van der Waals surface area contributed by atoms with E-state index in [0.29, 0.717) is 27.7 Å². The molecule has 0 aliphatic rings. The second kappa shape index (κ2) is 6.12. The Bertz CT molecular complexity index is 1000. The third kappa shape index (κ3) is 3.10. The number of rotatable bonds is 3. The molecule has 0 unspecified atom stereocenters. The number of carbonyl (C=O) groups is 2. The second-order valence-electron chi connectivity index (χ2n) is 5.66. The first-order chi connectivity index (χ1) is 11.4. The fourth-order valence-electron chi connectivity index (χ4n) is 2.51. The van der Waals surface area contributed by atoms with Gasteiger partial charge < -0.3 is 10.3 Å². The van der Waals surface area contributed by atoms with Crippen molar-refractivity contribution in [3.8, 4) is 0 Å². The summed E-state index contributed by atoms with van der Waals surface area (Å²) < 4.78 is 0. The molecule has 5 heteroatoms. The predicted octanol–water partition coefficient (Wildman–Crippen LogP) is 3.29. The van der Waals surface area contributed by atoms with E-state index in [-0.39, 0.29) is 17.1 Å². The zero-order valence-corrected chi connectivity index (χ0v) is 13.3. The summed E-state index contributed by atoms with van der Waals surface area (Å²) >= 11 is 0. The Morgan fingerprint density at radius 2 is 1.62 bits per heavy atom. The number of hydrogen-bond acceptors (Lipinski definition) is 3. The Labute approximate surface area is 138 Å². The molecule has 1 amide bonds. The highest BCUT2D eigenvalue weighted by Gasteiger charge is 2.09. The van der Waals surface area contributed by atoms with Gasteiger partial charge in [-0.15, -0.1) is 0 Å². The van der Waals surface area contributed by atoms with Crippen LogP contribution in [0.2, 0.25) is 0 Å². The molecule has 24 heavy (non-hydrogen) atoms. The topological polar surface area (TPSA) is 79.0 Å². The molecular weight excluding hydrogens is 304 g/mol. The molecular formula is C19H16N2O3. The number of carbonyl (C=O) groups excluding carboxylic acids is 2. The van der Waals surface area contributed by atoms with Crippen LogP contribution in [-0.2, 0) is 0 Å². The number of nitrogens with one attached hydrogen (secondary N) is 2. The molecule has 0 spiro atoms. The quantitative estimate of drug-likeness (QED) is 0.727. The highest BCUT2D eigenvalue weighted by molar-refractivity contribution is 6.06. The highest BCUT2D eigenvalue weighted by Crippen LogP contribution is 2.15. The molecule has 120 valence electrons. The summed E-state index contributed by atoms with van der Waals surface area (Å²) in [6, 6.07) is 13.1. The zero-order chi connectivity index (χ0) is 17.3. The van der Waals surface area contributed by atoms with Crippen molar-refractivity contribution < 1.29 is 9.59 Å². The van der Waals surface area contributed by atoms with E-state index in [2.05, 4.69) is 10.3 Å². The molecule has 0 bridgehead atoms. The lowest BCUT2D eigenvalue weighted by molar-refractivity contribution is 0.101. The summed E-state index contributed by atoms with van der Waals surface area (Å²) in [6.45, 7) is 3.30. The van der Waals surface area contributed by atoms with Crippen molar-refractivity contribution in [3.63, 3.8) is 0 Å². The number of benzene rings is 2.